The highest BCUT2D eigenvalue weighted by Gasteiger charge is 2.29. The zero-order valence-electron chi connectivity index (χ0n) is 13.3. The molecule has 1 aromatic rings. The van der Waals surface area contributed by atoms with E-state index in [2.05, 4.69) is 23.2 Å². The molecule has 2 heterocycles. The molecule has 0 aliphatic carbocycles. The molecule has 5 nitrogen and oxygen atoms in total. The number of anilines is 2. The van der Waals surface area contributed by atoms with E-state index in [0.29, 0.717) is 0 Å². The van der Waals surface area contributed by atoms with Crippen LogP contribution in [0.25, 0.3) is 0 Å². The van der Waals surface area contributed by atoms with Crippen LogP contribution in [0, 0.1) is 0 Å². The summed E-state index contributed by atoms with van der Waals surface area (Å²) in [6, 6.07) is 6.11. The highest BCUT2D eigenvalue weighted by Crippen LogP contribution is 2.41. The molecule has 2 aliphatic heterocycles. The molecule has 22 heavy (non-hydrogen) atoms. The predicted molar refractivity (Wildman–Crippen MR) is 88.9 cm³/mol. The number of hydrogen-bond donors (Lipinski definition) is 1. The van der Waals surface area contributed by atoms with Gasteiger partial charge in [0.15, 0.2) is 6.61 Å². The Bertz CT molecular complexity index is 527. The second-order valence-electron chi connectivity index (χ2n) is 5.90. The van der Waals surface area contributed by atoms with Crippen LogP contribution in [-0.4, -0.2) is 45.2 Å². The van der Waals surface area contributed by atoms with Crippen molar-refractivity contribution < 1.29 is 9.53 Å². The Morgan fingerprint density at radius 3 is 2.82 bits per heavy atom. The number of para-hydroxylation sites is 1. The summed E-state index contributed by atoms with van der Waals surface area (Å²) in [4.78, 5) is 16.6. The molecule has 1 N–H and O–H groups in total. The molecule has 0 unspecified atom stereocenters. The van der Waals surface area contributed by atoms with Gasteiger partial charge in [0, 0.05) is 32.7 Å². The minimum Gasteiger partial charge on any atom is -0.481 e. The van der Waals surface area contributed by atoms with Gasteiger partial charge in [-0.15, -0.1) is 0 Å². The number of fused-ring (bicyclic) bond motifs is 1. The van der Waals surface area contributed by atoms with Gasteiger partial charge in [0.1, 0.15) is 11.4 Å². The van der Waals surface area contributed by atoms with Gasteiger partial charge in [-0.25, -0.2) is 0 Å². The standard InChI is InChI=1S/C17H25N3O2/c1-2-3-4-10-20-16(21)13-22-15-7-5-6-14(17(15)20)19-11-8-18-9-12-19/h5-7,18H,2-4,8-13H2,1H3. The van der Waals surface area contributed by atoms with E-state index in [1.54, 1.807) is 0 Å². The van der Waals surface area contributed by atoms with Crippen molar-refractivity contribution in [3.63, 3.8) is 0 Å². The second kappa shape index (κ2) is 7.01. The van der Waals surface area contributed by atoms with Crippen LogP contribution < -0.4 is 19.9 Å². The molecule has 3 rings (SSSR count). The van der Waals surface area contributed by atoms with Crippen molar-refractivity contribution in [2.45, 2.75) is 26.2 Å². The van der Waals surface area contributed by atoms with Gasteiger partial charge >= 0.3 is 0 Å². The lowest BCUT2D eigenvalue weighted by atomic mass is 10.1. The predicted octanol–water partition coefficient (Wildman–Crippen LogP) is 2.01. The number of ether oxygens (including phenoxy) is 1. The first-order chi connectivity index (χ1) is 10.8. The largest absolute Gasteiger partial charge is 0.481 e. The fourth-order valence-electron chi connectivity index (χ4n) is 3.16. The van der Waals surface area contributed by atoms with Crippen molar-refractivity contribution in [2.75, 3.05) is 49.1 Å². The first-order valence-corrected chi connectivity index (χ1v) is 8.33. The van der Waals surface area contributed by atoms with Gasteiger partial charge in [0.05, 0.1) is 5.69 Å². The molecule has 1 fully saturated rings. The summed E-state index contributed by atoms with van der Waals surface area (Å²) in [5, 5.41) is 3.37. The van der Waals surface area contributed by atoms with E-state index < -0.39 is 0 Å². The molecule has 0 bridgehead atoms. The quantitative estimate of drug-likeness (QED) is 0.845. The van der Waals surface area contributed by atoms with E-state index in [4.69, 9.17) is 4.74 Å². The topological polar surface area (TPSA) is 44.8 Å². The Morgan fingerprint density at radius 1 is 1.23 bits per heavy atom. The second-order valence-corrected chi connectivity index (χ2v) is 5.90. The van der Waals surface area contributed by atoms with E-state index in [1.807, 2.05) is 17.0 Å². The third kappa shape index (κ3) is 3.04. The number of nitrogens with one attached hydrogen (secondary N) is 1. The number of unbranched alkanes of at least 4 members (excludes halogenated alkanes) is 2. The first kappa shape index (κ1) is 15.2. The van der Waals surface area contributed by atoms with Gasteiger partial charge in [-0.1, -0.05) is 25.8 Å². The number of hydrogen-bond acceptors (Lipinski definition) is 4. The maximum absolute atomic E-state index is 12.4. The minimum atomic E-state index is 0.0752. The number of benzene rings is 1. The van der Waals surface area contributed by atoms with E-state index in [-0.39, 0.29) is 12.5 Å². The van der Waals surface area contributed by atoms with Crippen LogP contribution in [0.4, 0.5) is 11.4 Å². The summed E-state index contributed by atoms with van der Waals surface area (Å²) >= 11 is 0. The normalized spacial score (nSPS) is 18.1. The average Bonchev–Trinajstić information content (AvgIpc) is 2.57. The molecule has 1 aromatic carbocycles. The number of carbonyl (C=O) groups excluding carboxylic acids is 1. The smallest absolute Gasteiger partial charge is 0.265 e. The zero-order chi connectivity index (χ0) is 15.4. The number of rotatable bonds is 5. The third-order valence-electron chi connectivity index (χ3n) is 4.34. The fraction of sp³-hybridized carbons (Fsp3) is 0.588. The van der Waals surface area contributed by atoms with Gasteiger partial charge in [-0.3, -0.25) is 4.79 Å². The van der Waals surface area contributed by atoms with Crippen LogP contribution in [0.2, 0.25) is 0 Å². The number of piperazine rings is 1. The van der Waals surface area contributed by atoms with Crippen LogP contribution in [-0.2, 0) is 4.79 Å². The van der Waals surface area contributed by atoms with Crippen molar-refractivity contribution in [1.29, 1.82) is 0 Å². The molecule has 0 aromatic heterocycles. The lowest BCUT2D eigenvalue weighted by molar-refractivity contribution is -0.121. The van der Waals surface area contributed by atoms with Crippen LogP contribution in [0.5, 0.6) is 5.75 Å². The van der Waals surface area contributed by atoms with Gasteiger partial charge in [-0.2, -0.15) is 0 Å². The van der Waals surface area contributed by atoms with Crippen molar-refractivity contribution in [2.24, 2.45) is 0 Å². The van der Waals surface area contributed by atoms with Crippen molar-refractivity contribution >= 4 is 17.3 Å². The summed E-state index contributed by atoms with van der Waals surface area (Å²) < 4.78 is 5.67. The van der Waals surface area contributed by atoms with Crippen molar-refractivity contribution in [3.8, 4) is 5.75 Å². The van der Waals surface area contributed by atoms with E-state index in [0.717, 1.165) is 69.1 Å². The highest BCUT2D eigenvalue weighted by atomic mass is 16.5. The molecule has 1 amide bonds. The number of nitrogens with zero attached hydrogens (tertiary/aromatic N) is 2. The molecule has 2 aliphatic rings. The van der Waals surface area contributed by atoms with E-state index >= 15 is 0 Å². The molecule has 0 radical (unpaired) electrons. The maximum Gasteiger partial charge on any atom is 0.265 e. The highest BCUT2D eigenvalue weighted by molar-refractivity contribution is 6.01. The lowest BCUT2D eigenvalue weighted by Crippen LogP contribution is -2.45. The molecule has 1 saturated heterocycles. The van der Waals surface area contributed by atoms with E-state index in [9.17, 15) is 4.79 Å². The first-order valence-electron chi connectivity index (χ1n) is 8.33. The minimum absolute atomic E-state index is 0.0752. The summed E-state index contributed by atoms with van der Waals surface area (Å²) in [5.74, 6) is 0.915. The zero-order valence-corrected chi connectivity index (χ0v) is 13.3. The third-order valence-corrected chi connectivity index (χ3v) is 4.34. The maximum atomic E-state index is 12.4. The fourth-order valence-corrected chi connectivity index (χ4v) is 3.16. The summed E-state index contributed by atoms with van der Waals surface area (Å²) in [6.45, 7) is 7.01. The molecule has 120 valence electrons. The van der Waals surface area contributed by atoms with Crippen molar-refractivity contribution in [3.05, 3.63) is 18.2 Å². The summed E-state index contributed by atoms with van der Waals surface area (Å²) in [5.41, 5.74) is 2.10. The van der Waals surface area contributed by atoms with E-state index in [1.165, 1.54) is 0 Å². The summed E-state index contributed by atoms with van der Waals surface area (Å²) in [6.07, 6.45) is 3.35. The van der Waals surface area contributed by atoms with Crippen LogP contribution in [0.15, 0.2) is 18.2 Å². The Morgan fingerprint density at radius 2 is 2.05 bits per heavy atom. The van der Waals surface area contributed by atoms with Crippen LogP contribution >= 0.6 is 0 Å². The van der Waals surface area contributed by atoms with Gasteiger partial charge in [-0.05, 0) is 18.6 Å². The Balaban J connectivity index is 1.90. The number of amides is 1. The Kier molecular flexibility index (Phi) is 4.83. The molecule has 0 atom stereocenters. The van der Waals surface area contributed by atoms with Crippen LogP contribution in [0.1, 0.15) is 26.2 Å². The molecular formula is C17H25N3O2. The van der Waals surface area contributed by atoms with Crippen LogP contribution in [0.3, 0.4) is 0 Å². The molecule has 0 saturated carbocycles. The molecule has 5 heteroatoms. The van der Waals surface area contributed by atoms with Gasteiger partial charge < -0.3 is 19.9 Å². The summed E-state index contributed by atoms with van der Waals surface area (Å²) in [7, 11) is 0. The molecule has 0 spiro atoms. The number of carbonyl (C=O) groups is 1. The Labute approximate surface area is 132 Å². The SMILES string of the molecule is CCCCCN1C(=O)COc2cccc(N3CCNCC3)c21. The Hall–Kier alpha value is -1.75. The lowest BCUT2D eigenvalue weighted by Gasteiger charge is -2.36. The van der Waals surface area contributed by atoms with Gasteiger partial charge in [0.2, 0.25) is 0 Å². The van der Waals surface area contributed by atoms with Gasteiger partial charge in [0.25, 0.3) is 5.91 Å². The monoisotopic (exact) mass is 303 g/mol. The molecular weight excluding hydrogens is 278 g/mol. The average molecular weight is 303 g/mol. The van der Waals surface area contributed by atoms with Crippen molar-refractivity contribution in [1.82, 2.24) is 5.32 Å².